The summed E-state index contributed by atoms with van der Waals surface area (Å²) >= 11 is 7.36. The van der Waals surface area contributed by atoms with Crippen molar-refractivity contribution in [2.24, 2.45) is 23.7 Å². The maximum absolute atomic E-state index is 13.2. The lowest BCUT2D eigenvalue weighted by Crippen LogP contribution is -2.37. The van der Waals surface area contributed by atoms with Crippen molar-refractivity contribution in [1.29, 1.82) is 0 Å². The number of Topliss-reactive ketones (excluding diaryl/α,β-unsaturated/α-hetero) is 1. The van der Waals surface area contributed by atoms with Crippen molar-refractivity contribution in [3.63, 3.8) is 0 Å². The van der Waals surface area contributed by atoms with E-state index in [1.54, 1.807) is 42.5 Å². The quantitative estimate of drug-likeness (QED) is 0.239. The lowest BCUT2D eigenvalue weighted by atomic mass is 9.81. The van der Waals surface area contributed by atoms with E-state index in [0.717, 1.165) is 6.42 Å². The molecule has 6 atom stereocenters. The molecule has 3 aliphatic rings. The number of carbonyl (C=O) groups excluding carboxylic acids is 4. The second-order valence-electron chi connectivity index (χ2n) is 8.43. The third-order valence-electron chi connectivity index (χ3n) is 6.76. The van der Waals surface area contributed by atoms with E-state index in [2.05, 4.69) is 31.9 Å². The van der Waals surface area contributed by atoms with Crippen molar-refractivity contribution < 1.29 is 23.9 Å². The van der Waals surface area contributed by atoms with Crippen molar-refractivity contribution in [3.05, 3.63) is 65.7 Å². The summed E-state index contributed by atoms with van der Waals surface area (Å²) in [5, 5.41) is 0. The van der Waals surface area contributed by atoms with Crippen molar-refractivity contribution in [3.8, 4) is 0 Å². The van der Waals surface area contributed by atoms with Crippen LogP contribution in [0.2, 0.25) is 0 Å². The number of esters is 1. The van der Waals surface area contributed by atoms with Gasteiger partial charge in [-0.3, -0.25) is 19.3 Å². The number of rotatable bonds is 5. The lowest BCUT2D eigenvalue weighted by Gasteiger charge is -2.28. The summed E-state index contributed by atoms with van der Waals surface area (Å²) in [5.74, 6) is -1.83. The van der Waals surface area contributed by atoms with Gasteiger partial charge in [-0.25, -0.2) is 4.79 Å². The number of imide groups is 1. The summed E-state index contributed by atoms with van der Waals surface area (Å²) in [6.07, 6.45) is 0.855. The SMILES string of the molecule is O=C(COC(=O)c1cccc(N2C(=O)[C@H]3[C@@H]4C[C@@H]([C@@H](Br)[C@H]4Br)[C@@H]3C2=O)c1)c1ccccc1. The molecule has 2 aliphatic carbocycles. The minimum absolute atomic E-state index is 0.118. The summed E-state index contributed by atoms with van der Waals surface area (Å²) in [5.41, 5.74) is 0.995. The minimum atomic E-state index is -0.684. The van der Waals surface area contributed by atoms with E-state index >= 15 is 0 Å². The average molecular weight is 561 g/mol. The normalized spacial score (nSPS) is 30.5. The Bertz CT molecular complexity index is 1090. The summed E-state index contributed by atoms with van der Waals surface area (Å²) < 4.78 is 5.17. The predicted molar refractivity (Wildman–Crippen MR) is 124 cm³/mol. The monoisotopic (exact) mass is 559 g/mol. The zero-order valence-electron chi connectivity index (χ0n) is 16.8. The molecular weight excluding hydrogens is 542 g/mol. The Morgan fingerprint density at radius 3 is 2.09 bits per heavy atom. The van der Waals surface area contributed by atoms with Crippen LogP contribution in [0.4, 0.5) is 5.69 Å². The van der Waals surface area contributed by atoms with E-state index in [1.807, 2.05) is 0 Å². The van der Waals surface area contributed by atoms with Crippen LogP contribution in [0.25, 0.3) is 0 Å². The smallest absolute Gasteiger partial charge is 0.338 e. The summed E-state index contributed by atoms with van der Waals surface area (Å²) in [4.78, 5) is 52.7. The molecule has 0 radical (unpaired) electrons. The number of halogens is 2. The summed E-state index contributed by atoms with van der Waals surface area (Å²) in [6, 6.07) is 14.8. The fourth-order valence-electron chi connectivity index (χ4n) is 5.30. The predicted octanol–water partition coefficient (Wildman–Crippen LogP) is 4.01. The number of carbonyl (C=O) groups is 4. The van der Waals surface area contributed by atoms with Crippen LogP contribution >= 0.6 is 31.9 Å². The Morgan fingerprint density at radius 2 is 1.47 bits per heavy atom. The number of alkyl halides is 2. The van der Waals surface area contributed by atoms with Crippen molar-refractivity contribution in [2.45, 2.75) is 16.1 Å². The molecule has 1 aliphatic heterocycles. The van der Waals surface area contributed by atoms with Gasteiger partial charge in [-0.1, -0.05) is 68.3 Å². The molecule has 32 heavy (non-hydrogen) atoms. The van der Waals surface area contributed by atoms with Crippen LogP contribution in [-0.4, -0.2) is 39.8 Å². The number of ketones is 1. The molecule has 2 bridgehead atoms. The summed E-state index contributed by atoms with van der Waals surface area (Å²) in [6.45, 7) is -0.387. The molecule has 0 spiro atoms. The molecule has 2 aromatic rings. The van der Waals surface area contributed by atoms with Crippen LogP contribution in [0.1, 0.15) is 27.1 Å². The third kappa shape index (κ3) is 3.35. The molecule has 2 amide bonds. The molecule has 0 unspecified atom stereocenters. The molecule has 2 aromatic carbocycles. The molecule has 0 N–H and O–H groups in total. The molecule has 8 heteroatoms. The highest BCUT2D eigenvalue weighted by Gasteiger charge is 2.66. The van der Waals surface area contributed by atoms with Gasteiger partial charge in [0, 0.05) is 15.2 Å². The molecular formula is C24H19Br2NO5. The number of amides is 2. The zero-order chi connectivity index (χ0) is 22.6. The van der Waals surface area contributed by atoms with Crippen LogP contribution in [-0.2, 0) is 14.3 Å². The first-order chi connectivity index (χ1) is 15.4. The first-order valence-corrected chi connectivity index (χ1v) is 12.2. The Kier molecular flexibility index (Phi) is 5.53. The van der Waals surface area contributed by atoms with Gasteiger partial charge in [-0.2, -0.15) is 0 Å². The molecule has 6 nitrogen and oxygen atoms in total. The number of nitrogens with zero attached hydrogens (tertiary/aromatic N) is 1. The lowest BCUT2D eigenvalue weighted by molar-refractivity contribution is -0.123. The fourth-order valence-corrected chi connectivity index (χ4v) is 7.17. The number of benzene rings is 2. The van der Waals surface area contributed by atoms with Crippen LogP contribution in [0, 0.1) is 23.7 Å². The van der Waals surface area contributed by atoms with Gasteiger partial charge in [0.05, 0.1) is 23.1 Å². The highest BCUT2D eigenvalue weighted by Crippen LogP contribution is 2.60. The Labute approximate surface area is 201 Å². The number of ether oxygens (including phenoxy) is 1. The van der Waals surface area contributed by atoms with Gasteiger partial charge in [0.2, 0.25) is 11.8 Å². The number of anilines is 1. The van der Waals surface area contributed by atoms with Crippen molar-refractivity contribution >= 4 is 61.1 Å². The highest BCUT2D eigenvalue weighted by atomic mass is 79.9. The largest absolute Gasteiger partial charge is 0.454 e. The molecule has 2 saturated carbocycles. The van der Waals surface area contributed by atoms with Gasteiger partial charge in [-0.15, -0.1) is 0 Å². The van der Waals surface area contributed by atoms with E-state index in [1.165, 1.54) is 17.0 Å². The molecule has 164 valence electrons. The average Bonchev–Trinajstić information content (AvgIpc) is 3.42. The van der Waals surface area contributed by atoms with E-state index in [0.29, 0.717) is 11.3 Å². The van der Waals surface area contributed by atoms with E-state index in [9.17, 15) is 19.2 Å². The first-order valence-electron chi connectivity index (χ1n) is 10.4. The number of hydrogen-bond donors (Lipinski definition) is 0. The first kappa shape index (κ1) is 21.5. The van der Waals surface area contributed by atoms with E-state index < -0.39 is 5.97 Å². The van der Waals surface area contributed by atoms with Crippen molar-refractivity contribution in [2.75, 3.05) is 11.5 Å². The standard InChI is InChI=1S/C24H19Br2NO5/c25-20-15-10-16(21(20)26)19-18(15)22(29)27(23(19)30)14-8-4-7-13(9-14)24(31)32-11-17(28)12-5-2-1-3-6-12/h1-9,15-16,18-21H,10-11H2/t15-,16+,18-,19-,20-,21+/m0/s1. The van der Waals surface area contributed by atoms with E-state index in [-0.39, 0.29) is 63.1 Å². The fraction of sp³-hybridized carbons (Fsp3) is 0.333. The maximum Gasteiger partial charge on any atom is 0.338 e. The van der Waals surface area contributed by atoms with Crippen LogP contribution in [0.3, 0.4) is 0 Å². The van der Waals surface area contributed by atoms with Gasteiger partial charge in [0.15, 0.2) is 12.4 Å². The van der Waals surface area contributed by atoms with Crippen LogP contribution < -0.4 is 4.90 Å². The Hall–Kier alpha value is -2.32. The molecule has 5 rings (SSSR count). The Morgan fingerprint density at radius 1 is 0.875 bits per heavy atom. The second kappa shape index (κ2) is 8.23. The topological polar surface area (TPSA) is 80.8 Å². The molecule has 1 saturated heterocycles. The van der Waals surface area contributed by atoms with Gasteiger partial charge in [0.1, 0.15) is 0 Å². The maximum atomic E-state index is 13.2. The van der Waals surface area contributed by atoms with E-state index in [4.69, 9.17) is 4.74 Å². The highest BCUT2D eigenvalue weighted by molar-refractivity contribution is 9.12. The minimum Gasteiger partial charge on any atom is -0.454 e. The molecule has 1 heterocycles. The number of fused-ring (bicyclic) bond motifs is 5. The van der Waals surface area contributed by atoms with Crippen LogP contribution in [0.15, 0.2) is 54.6 Å². The molecule has 0 aromatic heterocycles. The van der Waals surface area contributed by atoms with Gasteiger partial charge < -0.3 is 4.74 Å². The number of hydrogen-bond acceptors (Lipinski definition) is 5. The van der Waals surface area contributed by atoms with Gasteiger partial charge >= 0.3 is 5.97 Å². The van der Waals surface area contributed by atoms with Gasteiger partial charge in [0.25, 0.3) is 0 Å². The molecule has 3 fully saturated rings. The van der Waals surface area contributed by atoms with Crippen molar-refractivity contribution in [1.82, 2.24) is 0 Å². The van der Waals surface area contributed by atoms with Crippen LogP contribution in [0.5, 0.6) is 0 Å². The Balaban J connectivity index is 1.32. The summed E-state index contributed by atoms with van der Waals surface area (Å²) in [7, 11) is 0. The third-order valence-corrected chi connectivity index (χ3v) is 9.96. The van der Waals surface area contributed by atoms with Gasteiger partial charge in [-0.05, 0) is 36.5 Å². The zero-order valence-corrected chi connectivity index (χ0v) is 20.0. The second-order valence-corrected chi connectivity index (χ2v) is 10.5.